The van der Waals surface area contributed by atoms with Crippen molar-refractivity contribution in [3.05, 3.63) is 70.3 Å². The number of ketones is 1. The second-order valence-electron chi connectivity index (χ2n) is 6.81. The third-order valence-corrected chi connectivity index (χ3v) is 5.62. The average Bonchev–Trinajstić information content (AvgIpc) is 3.29. The topological polar surface area (TPSA) is 76.9 Å². The van der Waals surface area contributed by atoms with Crippen molar-refractivity contribution in [2.24, 2.45) is 0 Å². The molecule has 1 amide bonds. The minimum Gasteiger partial charge on any atom is -0.325 e. The van der Waals surface area contributed by atoms with Crippen molar-refractivity contribution in [3.8, 4) is 5.82 Å². The Morgan fingerprint density at radius 1 is 1.07 bits per heavy atom. The number of pyridine rings is 1. The van der Waals surface area contributed by atoms with Crippen LogP contribution in [0.5, 0.6) is 0 Å². The van der Waals surface area contributed by atoms with Gasteiger partial charge in [0.1, 0.15) is 12.1 Å². The van der Waals surface area contributed by atoms with Gasteiger partial charge in [0.15, 0.2) is 5.78 Å². The molecule has 146 valence electrons. The fraction of sp³-hybridized carbons (Fsp3) is 0.182. The Morgan fingerprint density at radius 3 is 2.62 bits per heavy atom. The maximum Gasteiger partial charge on any atom is 0.224 e. The van der Waals surface area contributed by atoms with Crippen LogP contribution in [-0.4, -0.2) is 26.2 Å². The van der Waals surface area contributed by atoms with Gasteiger partial charge in [0.05, 0.1) is 22.9 Å². The molecule has 6 nitrogen and oxygen atoms in total. The zero-order valence-electron chi connectivity index (χ0n) is 16.2. The first-order chi connectivity index (χ1) is 14.0. The molecule has 29 heavy (non-hydrogen) atoms. The number of aromatic nitrogens is 3. The van der Waals surface area contributed by atoms with Crippen LogP contribution >= 0.6 is 11.3 Å². The van der Waals surface area contributed by atoms with E-state index in [4.69, 9.17) is 0 Å². The van der Waals surface area contributed by atoms with Crippen molar-refractivity contribution in [1.29, 1.82) is 0 Å². The maximum atomic E-state index is 12.3. The number of imidazole rings is 1. The zero-order valence-corrected chi connectivity index (χ0v) is 17.0. The molecular weight excluding hydrogens is 384 g/mol. The molecule has 0 fully saturated rings. The minimum atomic E-state index is -0.203. The van der Waals surface area contributed by atoms with E-state index in [0.29, 0.717) is 5.69 Å². The first-order valence-corrected chi connectivity index (χ1v) is 10.1. The summed E-state index contributed by atoms with van der Waals surface area (Å²) in [7, 11) is 0. The molecule has 1 aromatic carbocycles. The number of amides is 1. The molecule has 3 heterocycles. The quantitative estimate of drug-likeness (QED) is 0.473. The molecule has 0 atom stereocenters. The van der Waals surface area contributed by atoms with Gasteiger partial charge in [-0.15, -0.1) is 11.3 Å². The molecule has 0 aliphatic rings. The van der Waals surface area contributed by atoms with Crippen LogP contribution in [0.2, 0.25) is 0 Å². The Labute approximate surface area is 172 Å². The molecule has 0 saturated carbocycles. The van der Waals surface area contributed by atoms with Crippen LogP contribution in [0.1, 0.15) is 33.0 Å². The first kappa shape index (κ1) is 19.0. The number of benzene rings is 1. The summed E-state index contributed by atoms with van der Waals surface area (Å²) in [5.74, 6) is 0.517. The van der Waals surface area contributed by atoms with Gasteiger partial charge in [0.25, 0.3) is 0 Å². The summed E-state index contributed by atoms with van der Waals surface area (Å²) in [6, 6.07) is 13.3. The molecule has 4 aromatic rings. The van der Waals surface area contributed by atoms with E-state index < -0.39 is 0 Å². The second kappa shape index (κ2) is 7.97. The predicted octanol–water partition coefficient (Wildman–Crippen LogP) is 4.70. The fourth-order valence-electron chi connectivity index (χ4n) is 3.24. The molecule has 0 unspecified atom stereocenters. The minimum absolute atomic E-state index is 0.00228. The number of rotatable bonds is 6. The lowest BCUT2D eigenvalue weighted by molar-refractivity contribution is -0.116. The van der Waals surface area contributed by atoms with E-state index in [-0.39, 0.29) is 24.5 Å². The molecular formula is C22H20N4O2S. The van der Waals surface area contributed by atoms with Crippen molar-refractivity contribution < 1.29 is 9.59 Å². The number of nitrogens with one attached hydrogen (secondary N) is 1. The number of carbonyl (C=O) groups is 2. The number of hydrogen-bond acceptors (Lipinski definition) is 5. The standard InChI is InChI=1S/C22H20N4O2S/c1-14-11-17(15(2)29-14)20(27)8-10-22(28)25-16-7-9-21(23-12-16)26-13-24-18-5-3-4-6-19(18)26/h3-7,9,11-13H,8,10H2,1-2H3,(H,25,28). The summed E-state index contributed by atoms with van der Waals surface area (Å²) in [4.78, 5) is 35.4. The number of para-hydroxylation sites is 2. The summed E-state index contributed by atoms with van der Waals surface area (Å²) in [6.07, 6.45) is 3.66. The van der Waals surface area contributed by atoms with E-state index in [0.717, 1.165) is 32.2 Å². The van der Waals surface area contributed by atoms with E-state index in [1.165, 1.54) is 0 Å². The monoisotopic (exact) mass is 404 g/mol. The van der Waals surface area contributed by atoms with Gasteiger partial charge in [-0.25, -0.2) is 9.97 Å². The normalized spacial score (nSPS) is 11.0. The number of thiophene rings is 1. The molecule has 4 rings (SSSR count). The van der Waals surface area contributed by atoms with Gasteiger partial charge in [-0.3, -0.25) is 14.2 Å². The molecule has 0 saturated heterocycles. The Morgan fingerprint density at radius 2 is 1.90 bits per heavy atom. The molecule has 0 spiro atoms. The molecule has 3 aromatic heterocycles. The van der Waals surface area contributed by atoms with Crippen molar-refractivity contribution in [2.75, 3.05) is 5.32 Å². The molecule has 0 radical (unpaired) electrons. The molecule has 0 aliphatic carbocycles. The smallest absolute Gasteiger partial charge is 0.224 e. The van der Waals surface area contributed by atoms with Gasteiger partial charge in [0, 0.05) is 28.2 Å². The Hall–Kier alpha value is -3.32. The van der Waals surface area contributed by atoms with Gasteiger partial charge >= 0.3 is 0 Å². The van der Waals surface area contributed by atoms with Gasteiger partial charge in [-0.1, -0.05) is 12.1 Å². The van der Waals surface area contributed by atoms with Gasteiger partial charge in [0.2, 0.25) is 5.91 Å². The van der Waals surface area contributed by atoms with Crippen LogP contribution in [0.25, 0.3) is 16.9 Å². The summed E-state index contributed by atoms with van der Waals surface area (Å²) in [5, 5.41) is 2.80. The fourth-order valence-corrected chi connectivity index (χ4v) is 4.18. The Balaban J connectivity index is 1.38. The largest absolute Gasteiger partial charge is 0.325 e. The number of aryl methyl sites for hydroxylation is 2. The van der Waals surface area contributed by atoms with E-state index >= 15 is 0 Å². The van der Waals surface area contributed by atoms with E-state index in [9.17, 15) is 9.59 Å². The lowest BCUT2D eigenvalue weighted by atomic mass is 10.1. The van der Waals surface area contributed by atoms with Crippen molar-refractivity contribution in [3.63, 3.8) is 0 Å². The predicted molar refractivity (Wildman–Crippen MR) is 115 cm³/mol. The van der Waals surface area contributed by atoms with Crippen LogP contribution in [0.4, 0.5) is 5.69 Å². The summed E-state index contributed by atoms with van der Waals surface area (Å²) < 4.78 is 1.89. The number of Topliss-reactive ketones (excluding diaryl/α,β-unsaturated/α-hetero) is 1. The van der Waals surface area contributed by atoms with Crippen LogP contribution in [-0.2, 0) is 4.79 Å². The SMILES string of the molecule is Cc1cc(C(=O)CCC(=O)Nc2ccc(-n3cnc4ccccc43)nc2)c(C)s1. The molecule has 1 N–H and O–H groups in total. The third-order valence-electron chi connectivity index (χ3n) is 4.65. The van der Waals surface area contributed by atoms with Crippen molar-refractivity contribution in [2.45, 2.75) is 26.7 Å². The number of fused-ring (bicyclic) bond motifs is 1. The highest BCUT2D eigenvalue weighted by molar-refractivity contribution is 7.12. The van der Waals surface area contributed by atoms with Crippen LogP contribution < -0.4 is 5.32 Å². The molecule has 0 aliphatic heterocycles. The lowest BCUT2D eigenvalue weighted by Gasteiger charge is -2.07. The summed E-state index contributed by atoms with van der Waals surface area (Å²) >= 11 is 1.60. The van der Waals surface area contributed by atoms with Crippen molar-refractivity contribution in [1.82, 2.24) is 14.5 Å². The van der Waals surface area contributed by atoms with Crippen LogP contribution in [0.3, 0.4) is 0 Å². The Bertz CT molecular complexity index is 1190. The highest BCUT2D eigenvalue weighted by atomic mass is 32.1. The molecule has 0 bridgehead atoms. The highest BCUT2D eigenvalue weighted by Crippen LogP contribution is 2.22. The summed E-state index contributed by atoms with van der Waals surface area (Å²) in [6.45, 7) is 3.91. The number of hydrogen-bond donors (Lipinski definition) is 1. The highest BCUT2D eigenvalue weighted by Gasteiger charge is 2.14. The Kier molecular flexibility index (Phi) is 5.22. The van der Waals surface area contributed by atoms with Gasteiger partial charge in [-0.2, -0.15) is 0 Å². The number of carbonyl (C=O) groups excluding carboxylic acids is 2. The van der Waals surface area contributed by atoms with E-state index in [1.807, 2.05) is 54.8 Å². The summed E-state index contributed by atoms with van der Waals surface area (Å²) in [5.41, 5.74) is 3.18. The van der Waals surface area contributed by atoms with Crippen molar-refractivity contribution >= 4 is 39.7 Å². The maximum absolute atomic E-state index is 12.3. The number of nitrogens with zero attached hydrogens (tertiary/aromatic N) is 3. The van der Waals surface area contributed by atoms with E-state index in [1.54, 1.807) is 29.9 Å². The first-order valence-electron chi connectivity index (χ1n) is 9.30. The van der Waals surface area contributed by atoms with Crippen LogP contribution in [0, 0.1) is 13.8 Å². The average molecular weight is 404 g/mol. The number of anilines is 1. The van der Waals surface area contributed by atoms with E-state index in [2.05, 4.69) is 15.3 Å². The zero-order chi connectivity index (χ0) is 20.4. The van der Waals surface area contributed by atoms with Gasteiger partial charge < -0.3 is 5.32 Å². The lowest BCUT2D eigenvalue weighted by Crippen LogP contribution is -2.14. The third kappa shape index (κ3) is 4.09. The molecule has 7 heteroatoms. The second-order valence-corrected chi connectivity index (χ2v) is 8.27. The van der Waals surface area contributed by atoms with Crippen LogP contribution in [0.15, 0.2) is 55.0 Å². The van der Waals surface area contributed by atoms with Gasteiger partial charge in [-0.05, 0) is 44.2 Å².